The van der Waals surface area contributed by atoms with Gasteiger partial charge in [-0.05, 0) is 66.3 Å². The molecule has 1 atom stereocenters. The number of nitrogens with one attached hydrogen (secondary N) is 1. The number of methoxy groups -OCH3 is 2. The molecular weight excluding hydrogens is 446 g/mol. The average molecular weight is 482 g/mol. The minimum atomic E-state index is -0.149. The van der Waals surface area contributed by atoms with Gasteiger partial charge in [0.1, 0.15) is 9.71 Å². The van der Waals surface area contributed by atoms with Crippen molar-refractivity contribution in [1.29, 1.82) is 0 Å². The normalized spacial score (nSPS) is 15.7. The van der Waals surface area contributed by atoms with E-state index in [2.05, 4.69) is 32.2 Å². The van der Waals surface area contributed by atoms with Crippen LogP contribution in [0.25, 0.3) is 10.2 Å². The smallest absolute Gasteiger partial charge is 0.263 e. The van der Waals surface area contributed by atoms with Crippen molar-refractivity contribution in [2.75, 3.05) is 26.5 Å². The van der Waals surface area contributed by atoms with Gasteiger partial charge in [-0.1, -0.05) is 33.3 Å². The predicted molar refractivity (Wildman–Crippen MR) is 139 cm³/mol. The summed E-state index contributed by atoms with van der Waals surface area (Å²) in [4.78, 5) is 19.3. The van der Waals surface area contributed by atoms with Gasteiger partial charge >= 0.3 is 0 Å². The Bertz CT molecular complexity index is 1200. The summed E-state index contributed by atoms with van der Waals surface area (Å²) < 4.78 is 10.6. The Morgan fingerprint density at radius 3 is 2.71 bits per heavy atom. The molecule has 2 heterocycles. The van der Waals surface area contributed by atoms with Crippen molar-refractivity contribution in [3.63, 3.8) is 0 Å². The minimum absolute atomic E-state index is 0.149. The quantitative estimate of drug-likeness (QED) is 0.449. The molecule has 34 heavy (non-hydrogen) atoms. The Morgan fingerprint density at radius 1 is 1.24 bits per heavy atom. The highest BCUT2D eigenvalue weighted by atomic mass is 32.1. The highest BCUT2D eigenvalue weighted by molar-refractivity contribution is 7.21. The summed E-state index contributed by atoms with van der Waals surface area (Å²) in [6.45, 7) is 7.49. The first-order valence-electron chi connectivity index (χ1n) is 12.0. The van der Waals surface area contributed by atoms with E-state index in [1.165, 1.54) is 16.9 Å². The molecule has 0 saturated heterocycles. The zero-order valence-electron chi connectivity index (χ0n) is 20.8. The number of nitrogens with zero attached hydrogens (tertiary/aromatic N) is 1. The molecule has 182 valence electrons. The molecule has 6 nitrogen and oxygen atoms in total. The molecule has 0 saturated carbocycles. The van der Waals surface area contributed by atoms with Crippen molar-refractivity contribution in [3.8, 4) is 11.5 Å². The van der Waals surface area contributed by atoms with Gasteiger partial charge in [0, 0.05) is 17.6 Å². The van der Waals surface area contributed by atoms with Crippen molar-refractivity contribution in [2.45, 2.75) is 52.9 Å². The monoisotopic (exact) mass is 481 g/mol. The maximum Gasteiger partial charge on any atom is 0.263 e. The van der Waals surface area contributed by atoms with Gasteiger partial charge in [-0.3, -0.25) is 4.79 Å². The number of aryl methyl sites for hydroxylation is 1. The van der Waals surface area contributed by atoms with Gasteiger partial charge in [-0.2, -0.15) is 0 Å². The molecule has 1 amide bonds. The van der Waals surface area contributed by atoms with Crippen LogP contribution in [0.2, 0.25) is 0 Å². The van der Waals surface area contributed by atoms with E-state index < -0.39 is 0 Å². The largest absolute Gasteiger partial charge is 0.493 e. The van der Waals surface area contributed by atoms with E-state index in [1.807, 2.05) is 18.2 Å². The maximum absolute atomic E-state index is 12.9. The number of hydrogen-bond donors (Lipinski definition) is 2. The summed E-state index contributed by atoms with van der Waals surface area (Å²) in [5, 5.41) is 3.92. The standard InChI is InChI=1S/C27H35N3O3S/c1-6-27(2,3)18-8-9-20-17(14-18)15-19-23(28)24(34-26(19)30-20)25(31)29-12-11-16-7-10-21(32-4)22(13-16)33-5/h7,10,13,15,18H,6,8-9,11-12,14,28H2,1-5H3,(H,29,31). The van der Waals surface area contributed by atoms with E-state index >= 15 is 0 Å². The number of thiophene rings is 1. The fraction of sp³-hybridized carbons (Fsp3) is 0.481. The van der Waals surface area contributed by atoms with Crippen LogP contribution in [0.1, 0.15) is 60.1 Å². The van der Waals surface area contributed by atoms with Crippen LogP contribution in [0, 0.1) is 11.3 Å². The summed E-state index contributed by atoms with van der Waals surface area (Å²) in [6.07, 6.45) is 5.02. The first-order chi connectivity index (χ1) is 16.3. The SMILES string of the molecule is CCC(C)(C)C1CCc2nc3sc(C(=O)NCCc4ccc(OC)c(OC)c4)c(N)c3cc2C1. The van der Waals surface area contributed by atoms with Crippen LogP contribution >= 0.6 is 11.3 Å². The zero-order chi connectivity index (χ0) is 24.5. The van der Waals surface area contributed by atoms with E-state index in [0.717, 1.165) is 47.2 Å². The van der Waals surface area contributed by atoms with Gasteiger partial charge in [0.05, 0.1) is 19.9 Å². The van der Waals surface area contributed by atoms with Crippen molar-refractivity contribution in [2.24, 2.45) is 11.3 Å². The van der Waals surface area contributed by atoms with Crippen molar-refractivity contribution >= 4 is 33.1 Å². The number of aromatic nitrogens is 1. The van der Waals surface area contributed by atoms with Crippen molar-refractivity contribution < 1.29 is 14.3 Å². The summed E-state index contributed by atoms with van der Waals surface area (Å²) in [6, 6.07) is 7.96. The van der Waals surface area contributed by atoms with Crippen LogP contribution in [0.15, 0.2) is 24.3 Å². The Hall–Kier alpha value is -2.80. The number of amides is 1. The molecular formula is C27H35N3O3S. The molecule has 1 aliphatic rings. The summed E-state index contributed by atoms with van der Waals surface area (Å²) in [5.41, 5.74) is 10.8. The number of fused-ring (bicyclic) bond motifs is 2. The van der Waals surface area contributed by atoms with Crippen LogP contribution in [-0.2, 0) is 19.3 Å². The molecule has 0 bridgehead atoms. The first kappa shape index (κ1) is 24.3. The number of hydrogen-bond acceptors (Lipinski definition) is 6. The Labute approximate surface area is 205 Å². The van der Waals surface area contributed by atoms with Crippen LogP contribution in [0.3, 0.4) is 0 Å². The second-order valence-electron chi connectivity index (χ2n) is 9.77. The molecule has 0 spiro atoms. The molecule has 0 fully saturated rings. The molecule has 1 unspecified atom stereocenters. The molecule has 1 aliphatic carbocycles. The van der Waals surface area contributed by atoms with Gasteiger partial charge in [-0.25, -0.2) is 4.98 Å². The summed E-state index contributed by atoms with van der Waals surface area (Å²) in [7, 11) is 3.23. The first-order valence-corrected chi connectivity index (χ1v) is 12.8. The molecule has 1 aromatic carbocycles. The van der Waals surface area contributed by atoms with Crippen molar-refractivity contribution in [1.82, 2.24) is 10.3 Å². The van der Waals surface area contributed by atoms with Gasteiger partial charge in [0.25, 0.3) is 5.91 Å². The fourth-order valence-corrected chi connectivity index (χ4v) is 5.76. The lowest BCUT2D eigenvalue weighted by Gasteiger charge is -2.36. The third-order valence-corrected chi connectivity index (χ3v) is 8.57. The highest BCUT2D eigenvalue weighted by Crippen LogP contribution is 2.42. The highest BCUT2D eigenvalue weighted by Gasteiger charge is 2.32. The molecule has 4 rings (SSSR count). The van der Waals surface area contributed by atoms with E-state index in [-0.39, 0.29) is 5.91 Å². The summed E-state index contributed by atoms with van der Waals surface area (Å²) >= 11 is 1.39. The molecule has 0 radical (unpaired) electrons. The van der Waals surface area contributed by atoms with Gasteiger partial charge in [-0.15, -0.1) is 11.3 Å². The van der Waals surface area contributed by atoms with Crippen LogP contribution in [-0.4, -0.2) is 31.7 Å². The third-order valence-electron chi connectivity index (χ3n) is 7.46. The van der Waals surface area contributed by atoms with Crippen LogP contribution in [0.5, 0.6) is 11.5 Å². The second-order valence-corrected chi connectivity index (χ2v) is 10.8. The predicted octanol–water partition coefficient (Wildman–Crippen LogP) is 5.41. The number of nitrogen functional groups attached to an aromatic ring is 1. The van der Waals surface area contributed by atoms with E-state index in [4.69, 9.17) is 20.2 Å². The number of ether oxygens (including phenoxy) is 2. The van der Waals surface area contributed by atoms with E-state index in [9.17, 15) is 4.79 Å². The number of carbonyl (C=O) groups is 1. The van der Waals surface area contributed by atoms with Gasteiger partial charge in [0.15, 0.2) is 11.5 Å². The van der Waals surface area contributed by atoms with Crippen LogP contribution in [0.4, 0.5) is 5.69 Å². The number of benzene rings is 1. The van der Waals surface area contributed by atoms with E-state index in [0.29, 0.717) is 46.4 Å². The second kappa shape index (κ2) is 9.82. The minimum Gasteiger partial charge on any atom is -0.493 e. The average Bonchev–Trinajstić information content (AvgIpc) is 3.17. The molecule has 3 N–H and O–H groups in total. The molecule has 3 aromatic rings. The van der Waals surface area contributed by atoms with Crippen molar-refractivity contribution in [3.05, 3.63) is 46.0 Å². The lowest BCUT2D eigenvalue weighted by Crippen LogP contribution is -2.29. The molecule has 0 aliphatic heterocycles. The molecule has 2 aromatic heterocycles. The number of anilines is 1. The third kappa shape index (κ3) is 4.71. The van der Waals surface area contributed by atoms with Gasteiger partial charge in [0.2, 0.25) is 0 Å². The van der Waals surface area contributed by atoms with E-state index in [1.54, 1.807) is 14.2 Å². The Kier molecular flexibility index (Phi) is 7.03. The number of carbonyl (C=O) groups excluding carboxylic acids is 1. The lowest BCUT2D eigenvalue weighted by molar-refractivity contribution is 0.0959. The number of rotatable bonds is 8. The number of pyridine rings is 1. The number of nitrogens with two attached hydrogens (primary N) is 1. The Morgan fingerprint density at radius 2 is 2.00 bits per heavy atom. The zero-order valence-corrected chi connectivity index (χ0v) is 21.6. The fourth-order valence-electron chi connectivity index (χ4n) is 4.75. The Balaban J connectivity index is 1.47. The van der Waals surface area contributed by atoms with Gasteiger partial charge < -0.3 is 20.5 Å². The maximum atomic E-state index is 12.9. The topological polar surface area (TPSA) is 86.5 Å². The summed E-state index contributed by atoms with van der Waals surface area (Å²) in [5.74, 6) is 1.86. The van der Waals surface area contributed by atoms with Crippen LogP contribution < -0.4 is 20.5 Å². The molecule has 7 heteroatoms. The lowest BCUT2D eigenvalue weighted by atomic mass is 9.69.